The van der Waals surface area contributed by atoms with Crippen LogP contribution in [0.25, 0.3) is 0 Å². The summed E-state index contributed by atoms with van der Waals surface area (Å²) in [7, 11) is -3.66. The van der Waals surface area contributed by atoms with Crippen LogP contribution in [-0.4, -0.2) is 55.3 Å². The summed E-state index contributed by atoms with van der Waals surface area (Å²) in [6, 6.07) is 3.91. The van der Waals surface area contributed by atoms with E-state index in [0.717, 1.165) is 0 Å². The van der Waals surface area contributed by atoms with Crippen LogP contribution in [0.1, 0.15) is 5.69 Å². The summed E-state index contributed by atoms with van der Waals surface area (Å²) in [6.45, 7) is -1.22. The number of hydroxylamine groups is 1. The predicted molar refractivity (Wildman–Crippen MR) is 95.8 cm³/mol. The predicted octanol–water partition coefficient (Wildman–Crippen LogP) is 1.33. The Labute approximate surface area is 161 Å². The second-order valence-corrected chi connectivity index (χ2v) is 7.74. The molecule has 0 fully saturated rings. The zero-order chi connectivity index (χ0) is 19.9. The van der Waals surface area contributed by atoms with E-state index in [1.165, 1.54) is 18.2 Å². The Hall–Kier alpha value is -2.16. The van der Waals surface area contributed by atoms with Crippen molar-refractivity contribution in [1.82, 2.24) is 20.5 Å². The number of aliphatic imine (C=N–C) groups is 1. The number of sulfonamides is 1. The van der Waals surface area contributed by atoms with Gasteiger partial charge in [0.25, 0.3) is 0 Å². The highest BCUT2D eigenvalue weighted by molar-refractivity contribution is 9.10. The lowest BCUT2D eigenvalue weighted by Gasteiger charge is -2.07. The molecule has 10 nitrogen and oxygen atoms in total. The summed E-state index contributed by atoms with van der Waals surface area (Å²) in [5.41, 5.74) is 2.08. The van der Waals surface area contributed by atoms with Crippen LogP contribution in [0.5, 0.6) is 0 Å². The first-order valence-electron chi connectivity index (χ1n) is 7.40. The maximum atomic E-state index is 13.3. The summed E-state index contributed by atoms with van der Waals surface area (Å²) in [5, 5.41) is 19.1. The molecule has 0 bridgehead atoms. The lowest BCUT2D eigenvalue weighted by molar-refractivity contribution is 0.234. The lowest BCUT2D eigenvalue weighted by atomic mass is 10.3. The molecule has 0 unspecified atom stereocenters. The molecule has 1 heterocycles. The molecule has 0 aliphatic heterocycles. The number of nitrogens with one attached hydrogen (secondary N) is 3. The third-order valence-corrected chi connectivity index (χ3v) is 5.04. The highest BCUT2D eigenvalue weighted by Crippen LogP contribution is 2.23. The van der Waals surface area contributed by atoms with E-state index in [-0.39, 0.29) is 46.3 Å². The van der Waals surface area contributed by atoms with Crippen molar-refractivity contribution in [3.8, 4) is 0 Å². The maximum Gasteiger partial charge on any atom is 0.213 e. The van der Waals surface area contributed by atoms with E-state index in [2.05, 4.69) is 45.9 Å². The number of benzene rings is 1. The molecule has 0 saturated carbocycles. The van der Waals surface area contributed by atoms with E-state index < -0.39 is 22.5 Å². The van der Waals surface area contributed by atoms with Gasteiger partial charge in [0, 0.05) is 13.1 Å². The molecule has 0 spiro atoms. The fourth-order valence-corrected chi connectivity index (χ4v) is 3.11. The van der Waals surface area contributed by atoms with Gasteiger partial charge in [-0.25, -0.2) is 31.5 Å². The maximum absolute atomic E-state index is 13.3. The highest BCUT2D eigenvalue weighted by Gasteiger charge is 2.18. The molecule has 0 atom stereocenters. The first kappa shape index (κ1) is 21.1. The molecule has 27 heavy (non-hydrogen) atoms. The van der Waals surface area contributed by atoms with Crippen LogP contribution in [0.2, 0.25) is 0 Å². The Morgan fingerprint density at radius 1 is 1.33 bits per heavy atom. The lowest BCUT2D eigenvalue weighted by Crippen LogP contribution is -2.31. The van der Waals surface area contributed by atoms with Crippen molar-refractivity contribution < 1.29 is 27.0 Å². The molecular weight excluding hydrogens is 454 g/mol. The molecule has 0 aliphatic carbocycles. The van der Waals surface area contributed by atoms with Gasteiger partial charge in [0.05, 0.1) is 15.9 Å². The fraction of sp³-hybridized carbons (Fsp3) is 0.308. The minimum absolute atomic E-state index is 0.0113. The van der Waals surface area contributed by atoms with Gasteiger partial charge in [0.2, 0.25) is 15.8 Å². The third-order valence-electron chi connectivity index (χ3n) is 3.04. The number of amidine groups is 1. The molecule has 1 aromatic carbocycles. The molecular formula is C13H15BrF2N6O4S. The second kappa shape index (κ2) is 9.68. The van der Waals surface area contributed by atoms with Crippen LogP contribution >= 0.6 is 15.9 Å². The number of hydrogen-bond acceptors (Lipinski definition) is 8. The van der Waals surface area contributed by atoms with Gasteiger partial charge in [-0.2, -0.15) is 0 Å². The SMILES string of the molecule is O=S(=O)(CCNc1nonc1C(=Nc1ccc(F)c(Br)c1)NO)NCCF. The van der Waals surface area contributed by atoms with Gasteiger partial charge in [-0.15, -0.1) is 0 Å². The van der Waals surface area contributed by atoms with Crippen LogP contribution in [0.15, 0.2) is 32.3 Å². The van der Waals surface area contributed by atoms with Crippen LogP contribution in [-0.2, 0) is 10.0 Å². The standard InChI is InChI=1S/C13H15BrF2N6O4S/c14-9-7-8(1-2-10(9)16)19-13(20-23)11-12(22-26-21-11)17-5-6-27(24,25)18-4-3-15/h1-2,7,18,23H,3-6H2,(H,17,22)(H,19,20). The van der Waals surface area contributed by atoms with Gasteiger partial charge in [0.1, 0.15) is 12.5 Å². The molecule has 0 saturated heterocycles. The van der Waals surface area contributed by atoms with Crippen LogP contribution in [0.3, 0.4) is 0 Å². The minimum atomic E-state index is -3.66. The van der Waals surface area contributed by atoms with Crippen molar-refractivity contribution in [1.29, 1.82) is 0 Å². The Morgan fingerprint density at radius 2 is 2.11 bits per heavy atom. The number of hydrogen-bond donors (Lipinski definition) is 4. The molecule has 148 valence electrons. The van der Waals surface area contributed by atoms with Crippen molar-refractivity contribution >= 4 is 43.3 Å². The van der Waals surface area contributed by atoms with Gasteiger partial charge in [-0.05, 0) is 44.4 Å². The normalized spacial score (nSPS) is 12.2. The van der Waals surface area contributed by atoms with Crippen LogP contribution in [0.4, 0.5) is 20.3 Å². The molecule has 0 aliphatic rings. The van der Waals surface area contributed by atoms with Crippen LogP contribution < -0.4 is 15.5 Å². The van der Waals surface area contributed by atoms with E-state index in [1.54, 1.807) is 0 Å². The molecule has 14 heteroatoms. The number of anilines is 1. The summed E-state index contributed by atoms with van der Waals surface area (Å²) in [6.07, 6.45) is 0. The van der Waals surface area contributed by atoms with Gasteiger partial charge in [-0.3, -0.25) is 10.7 Å². The van der Waals surface area contributed by atoms with Crippen molar-refractivity contribution in [2.24, 2.45) is 4.99 Å². The highest BCUT2D eigenvalue weighted by atomic mass is 79.9. The first-order valence-corrected chi connectivity index (χ1v) is 9.84. The van der Waals surface area contributed by atoms with E-state index in [1.807, 2.05) is 5.48 Å². The molecule has 0 amide bonds. The average molecular weight is 469 g/mol. The topological polar surface area (TPSA) is 142 Å². The smallest absolute Gasteiger partial charge is 0.213 e. The van der Waals surface area contributed by atoms with Gasteiger partial charge in [0.15, 0.2) is 11.5 Å². The molecule has 2 rings (SSSR count). The Kier molecular flexibility index (Phi) is 7.58. The van der Waals surface area contributed by atoms with E-state index in [4.69, 9.17) is 0 Å². The van der Waals surface area contributed by atoms with E-state index in [0.29, 0.717) is 0 Å². The van der Waals surface area contributed by atoms with Crippen molar-refractivity contribution in [3.63, 3.8) is 0 Å². The fourth-order valence-electron chi connectivity index (χ4n) is 1.84. The molecule has 4 N–H and O–H groups in total. The monoisotopic (exact) mass is 468 g/mol. The number of nitrogens with zero attached hydrogens (tertiary/aromatic N) is 3. The van der Waals surface area contributed by atoms with E-state index in [9.17, 15) is 22.4 Å². The average Bonchev–Trinajstić information content (AvgIpc) is 3.09. The summed E-state index contributed by atoms with van der Waals surface area (Å²) >= 11 is 3.02. The zero-order valence-corrected chi connectivity index (χ0v) is 16.0. The zero-order valence-electron chi connectivity index (χ0n) is 13.6. The quantitative estimate of drug-likeness (QED) is 0.245. The number of aromatic nitrogens is 2. The Balaban J connectivity index is 2.11. The molecule has 1 aromatic heterocycles. The summed E-state index contributed by atoms with van der Waals surface area (Å²) < 4.78 is 55.3. The van der Waals surface area contributed by atoms with E-state index >= 15 is 0 Å². The van der Waals surface area contributed by atoms with Gasteiger partial charge < -0.3 is 5.32 Å². The van der Waals surface area contributed by atoms with Gasteiger partial charge in [-0.1, -0.05) is 0 Å². The Bertz CT molecular complexity index is 908. The summed E-state index contributed by atoms with van der Waals surface area (Å²) in [5.74, 6) is -1.00. The minimum Gasteiger partial charge on any atom is -0.364 e. The molecule has 2 aromatic rings. The second-order valence-electron chi connectivity index (χ2n) is 4.96. The number of alkyl halides is 1. The Morgan fingerprint density at radius 3 is 2.78 bits per heavy atom. The first-order chi connectivity index (χ1) is 12.9. The number of halogens is 3. The van der Waals surface area contributed by atoms with Crippen molar-refractivity contribution in [2.45, 2.75) is 0 Å². The third kappa shape index (κ3) is 6.20. The molecule has 0 radical (unpaired) electrons. The number of rotatable bonds is 9. The van der Waals surface area contributed by atoms with Crippen molar-refractivity contribution in [2.75, 3.05) is 30.8 Å². The van der Waals surface area contributed by atoms with Crippen LogP contribution in [0, 0.1) is 5.82 Å². The summed E-state index contributed by atoms with van der Waals surface area (Å²) in [4.78, 5) is 4.06. The largest absolute Gasteiger partial charge is 0.364 e. The van der Waals surface area contributed by atoms with Crippen molar-refractivity contribution in [3.05, 3.63) is 34.2 Å². The van der Waals surface area contributed by atoms with Gasteiger partial charge >= 0.3 is 0 Å².